The Hall–Kier alpha value is -3.36. The number of nitro benzene ring substituents is 3. The van der Waals surface area contributed by atoms with E-state index in [0.29, 0.717) is 0 Å². The van der Waals surface area contributed by atoms with Crippen LogP contribution in [0.5, 0.6) is 0 Å². The lowest BCUT2D eigenvalue weighted by atomic mass is 10.1. The summed E-state index contributed by atoms with van der Waals surface area (Å²) in [4.78, 5) is 28.0. The topological polar surface area (TPSA) is 129 Å². The highest BCUT2D eigenvalue weighted by atomic mass is 16.6. The summed E-state index contributed by atoms with van der Waals surface area (Å²) in [6, 6.07) is 13.3. The Balaban J connectivity index is 0.000000272. The van der Waals surface area contributed by atoms with Gasteiger partial charge in [-0.3, -0.25) is 30.3 Å². The standard InChI is InChI=1S/C9H12.C6H3N3O6/c1-2-6-9-7-4-3-5-8-9;10-7(11)4-2-1-3-5(8(12)13)6(4)9(14)15/h3-5,7-8H,2,6H2,1H3;1-3H. The van der Waals surface area contributed by atoms with E-state index in [4.69, 9.17) is 0 Å². The summed E-state index contributed by atoms with van der Waals surface area (Å²) in [6.45, 7) is 2.20. The van der Waals surface area contributed by atoms with E-state index in [9.17, 15) is 30.3 Å². The summed E-state index contributed by atoms with van der Waals surface area (Å²) >= 11 is 0. The Bertz CT molecular complexity index is 701. The number of hydrogen-bond donors (Lipinski definition) is 0. The second-order valence-electron chi connectivity index (χ2n) is 4.65. The summed E-state index contributed by atoms with van der Waals surface area (Å²) in [5, 5.41) is 31.2. The molecule has 0 aliphatic rings. The van der Waals surface area contributed by atoms with Crippen LogP contribution in [0.1, 0.15) is 18.9 Å². The van der Waals surface area contributed by atoms with Crippen LogP contribution in [0.25, 0.3) is 0 Å². The first-order valence-corrected chi connectivity index (χ1v) is 6.98. The molecule has 0 atom stereocenters. The predicted molar refractivity (Wildman–Crippen MR) is 86.8 cm³/mol. The second kappa shape index (κ2) is 8.93. The van der Waals surface area contributed by atoms with E-state index in [1.54, 1.807) is 0 Å². The SMILES string of the molecule is CCCc1ccccc1.O=[N+]([O-])c1cccc([N+](=O)[O-])c1[N+](=O)[O-]. The van der Waals surface area contributed by atoms with E-state index >= 15 is 0 Å². The van der Waals surface area contributed by atoms with Crippen molar-refractivity contribution in [2.75, 3.05) is 0 Å². The van der Waals surface area contributed by atoms with Crippen molar-refractivity contribution in [2.24, 2.45) is 0 Å². The summed E-state index contributed by atoms with van der Waals surface area (Å²) in [5.41, 5.74) is -1.45. The highest BCUT2D eigenvalue weighted by Gasteiger charge is 2.34. The quantitative estimate of drug-likeness (QED) is 0.599. The first-order valence-electron chi connectivity index (χ1n) is 6.98. The predicted octanol–water partition coefficient (Wildman–Crippen LogP) is 4.05. The number of hydrogen-bond acceptors (Lipinski definition) is 6. The average Bonchev–Trinajstić information content (AvgIpc) is 2.55. The zero-order valence-corrected chi connectivity index (χ0v) is 12.8. The zero-order valence-electron chi connectivity index (χ0n) is 12.8. The van der Waals surface area contributed by atoms with Gasteiger partial charge in [-0.05, 0) is 18.1 Å². The third-order valence-corrected chi connectivity index (χ3v) is 2.95. The minimum absolute atomic E-state index is 0.838. The van der Waals surface area contributed by atoms with Crippen LogP contribution in [0, 0.1) is 30.3 Å². The van der Waals surface area contributed by atoms with Gasteiger partial charge in [0.25, 0.3) is 0 Å². The molecule has 2 aromatic rings. The minimum Gasteiger partial charge on any atom is -0.258 e. The molecule has 0 aliphatic carbocycles. The summed E-state index contributed by atoms with van der Waals surface area (Å²) < 4.78 is 0. The van der Waals surface area contributed by atoms with Gasteiger partial charge in [0.2, 0.25) is 0 Å². The zero-order chi connectivity index (χ0) is 18.1. The van der Waals surface area contributed by atoms with Gasteiger partial charge < -0.3 is 0 Å². The average molecular weight is 333 g/mol. The first kappa shape index (κ1) is 18.7. The maximum Gasteiger partial charge on any atom is 0.422 e. The van der Waals surface area contributed by atoms with E-state index in [1.807, 2.05) is 0 Å². The molecule has 9 heteroatoms. The molecule has 0 bridgehead atoms. The van der Waals surface area contributed by atoms with Crippen LogP contribution in [0.15, 0.2) is 48.5 Å². The van der Waals surface area contributed by atoms with Crippen LogP contribution in [0.4, 0.5) is 17.1 Å². The molecule has 0 amide bonds. The van der Waals surface area contributed by atoms with Crippen molar-refractivity contribution in [2.45, 2.75) is 19.8 Å². The molecule has 0 saturated carbocycles. The summed E-state index contributed by atoms with van der Waals surface area (Å²) in [6.07, 6.45) is 2.45. The van der Waals surface area contributed by atoms with Gasteiger partial charge in [-0.15, -0.1) is 0 Å². The third-order valence-electron chi connectivity index (χ3n) is 2.95. The number of rotatable bonds is 5. The van der Waals surface area contributed by atoms with Crippen molar-refractivity contribution in [1.29, 1.82) is 0 Å². The normalized spacial score (nSPS) is 9.54. The van der Waals surface area contributed by atoms with Gasteiger partial charge in [0.05, 0.1) is 14.8 Å². The van der Waals surface area contributed by atoms with Gasteiger partial charge in [-0.2, -0.15) is 0 Å². The van der Waals surface area contributed by atoms with E-state index in [2.05, 4.69) is 37.3 Å². The minimum atomic E-state index is -1.14. The molecule has 0 unspecified atom stereocenters. The van der Waals surface area contributed by atoms with Crippen molar-refractivity contribution in [3.8, 4) is 0 Å². The molecule has 2 rings (SSSR count). The molecule has 0 spiro atoms. The Morgan fingerprint density at radius 2 is 1.25 bits per heavy atom. The number of para-hydroxylation sites is 1. The second-order valence-corrected chi connectivity index (χ2v) is 4.65. The number of benzene rings is 2. The van der Waals surface area contributed by atoms with Crippen LogP contribution < -0.4 is 0 Å². The largest absolute Gasteiger partial charge is 0.422 e. The fraction of sp³-hybridized carbons (Fsp3) is 0.200. The highest BCUT2D eigenvalue weighted by molar-refractivity contribution is 5.65. The lowest BCUT2D eigenvalue weighted by Crippen LogP contribution is -2.00. The molecular weight excluding hydrogens is 318 g/mol. The lowest BCUT2D eigenvalue weighted by Gasteiger charge is -1.95. The number of nitro groups is 3. The van der Waals surface area contributed by atoms with Crippen molar-refractivity contribution in [1.82, 2.24) is 0 Å². The van der Waals surface area contributed by atoms with Gasteiger partial charge in [0, 0.05) is 12.1 Å². The van der Waals surface area contributed by atoms with Crippen LogP contribution >= 0.6 is 0 Å². The lowest BCUT2D eigenvalue weighted by molar-refractivity contribution is -0.441. The monoisotopic (exact) mass is 333 g/mol. The van der Waals surface area contributed by atoms with Crippen molar-refractivity contribution < 1.29 is 14.8 Å². The molecule has 0 aromatic heterocycles. The molecule has 24 heavy (non-hydrogen) atoms. The molecule has 0 saturated heterocycles. The van der Waals surface area contributed by atoms with Crippen molar-refractivity contribution in [3.05, 3.63) is 84.4 Å². The smallest absolute Gasteiger partial charge is 0.258 e. The first-order chi connectivity index (χ1) is 11.4. The number of nitrogens with zero attached hydrogens (tertiary/aromatic N) is 3. The van der Waals surface area contributed by atoms with E-state index in [0.717, 1.165) is 18.2 Å². The molecule has 2 aromatic carbocycles. The van der Waals surface area contributed by atoms with Crippen molar-refractivity contribution in [3.63, 3.8) is 0 Å². The van der Waals surface area contributed by atoms with Gasteiger partial charge in [-0.25, -0.2) is 0 Å². The van der Waals surface area contributed by atoms with Gasteiger partial charge in [0.15, 0.2) is 0 Å². The van der Waals surface area contributed by atoms with Crippen LogP contribution in [-0.4, -0.2) is 14.8 Å². The van der Waals surface area contributed by atoms with E-state index in [1.165, 1.54) is 18.4 Å². The van der Waals surface area contributed by atoms with E-state index in [-0.39, 0.29) is 0 Å². The number of aryl methyl sites for hydroxylation is 1. The molecule has 9 nitrogen and oxygen atoms in total. The van der Waals surface area contributed by atoms with Crippen LogP contribution in [-0.2, 0) is 6.42 Å². The van der Waals surface area contributed by atoms with Crippen molar-refractivity contribution >= 4 is 17.1 Å². The van der Waals surface area contributed by atoms with Crippen LogP contribution in [0.3, 0.4) is 0 Å². The Labute approximate surface area is 137 Å². The molecule has 0 N–H and O–H groups in total. The molecule has 126 valence electrons. The Morgan fingerprint density at radius 3 is 1.62 bits per heavy atom. The van der Waals surface area contributed by atoms with E-state index < -0.39 is 31.8 Å². The fourth-order valence-electron chi connectivity index (χ4n) is 1.93. The van der Waals surface area contributed by atoms with Gasteiger partial charge >= 0.3 is 17.1 Å². The fourth-order valence-corrected chi connectivity index (χ4v) is 1.93. The molecule has 0 fully saturated rings. The summed E-state index contributed by atoms with van der Waals surface area (Å²) in [5.74, 6) is 0. The third kappa shape index (κ3) is 5.13. The molecule has 0 aliphatic heterocycles. The van der Waals surface area contributed by atoms with Crippen LogP contribution in [0.2, 0.25) is 0 Å². The Kier molecular flexibility index (Phi) is 6.96. The summed E-state index contributed by atoms with van der Waals surface area (Å²) in [7, 11) is 0. The highest BCUT2D eigenvalue weighted by Crippen LogP contribution is 2.35. The maximum absolute atomic E-state index is 10.4. The Morgan fingerprint density at radius 1 is 0.750 bits per heavy atom. The maximum atomic E-state index is 10.4. The molecular formula is C15H15N3O6. The van der Waals surface area contributed by atoms with Gasteiger partial charge in [0.1, 0.15) is 0 Å². The van der Waals surface area contributed by atoms with Gasteiger partial charge in [-0.1, -0.05) is 43.7 Å². The molecule has 0 heterocycles. The molecule has 0 radical (unpaired) electrons.